The predicted octanol–water partition coefficient (Wildman–Crippen LogP) is 3.04. The van der Waals surface area contributed by atoms with Crippen molar-refractivity contribution < 1.29 is 9.47 Å². The minimum Gasteiger partial charge on any atom is -0.490 e. The van der Waals surface area contributed by atoms with Crippen molar-refractivity contribution in [1.82, 2.24) is 0 Å². The number of hydrogen-bond donors (Lipinski definition) is 1. The van der Waals surface area contributed by atoms with Gasteiger partial charge in [0.1, 0.15) is 24.7 Å². The Balaban J connectivity index is 1.72. The molecule has 0 aliphatic heterocycles. The van der Waals surface area contributed by atoms with Crippen LogP contribution >= 0.6 is 0 Å². The van der Waals surface area contributed by atoms with Gasteiger partial charge in [0.05, 0.1) is 0 Å². The molecule has 2 aromatic rings. The molecule has 0 saturated heterocycles. The van der Waals surface area contributed by atoms with Gasteiger partial charge in [0, 0.05) is 5.69 Å². The average molecular weight is 254 g/mol. The maximum atomic E-state index is 8.46. The molecule has 0 spiro atoms. The van der Waals surface area contributed by atoms with E-state index in [9.17, 15) is 0 Å². The van der Waals surface area contributed by atoms with E-state index in [4.69, 9.17) is 14.7 Å². The molecule has 19 heavy (non-hydrogen) atoms. The van der Waals surface area contributed by atoms with Crippen LogP contribution in [0.2, 0.25) is 0 Å². The zero-order valence-corrected chi connectivity index (χ0v) is 10.4. The molecule has 0 amide bonds. The third-order valence-corrected chi connectivity index (χ3v) is 2.42. The van der Waals surface area contributed by atoms with Gasteiger partial charge in [-0.05, 0) is 36.4 Å². The summed E-state index contributed by atoms with van der Waals surface area (Å²) < 4.78 is 11.0. The van der Waals surface area contributed by atoms with E-state index >= 15 is 0 Å². The first-order valence-corrected chi connectivity index (χ1v) is 5.94. The van der Waals surface area contributed by atoms with Crippen molar-refractivity contribution in [2.45, 2.75) is 0 Å². The van der Waals surface area contributed by atoms with Gasteiger partial charge in [0.15, 0.2) is 6.19 Å². The molecule has 0 saturated carbocycles. The highest BCUT2D eigenvalue weighted by molar-refractivity contribution is 5.48. The Morgan fingerprint density at radius 3 is 2.00 bits per heavy atom. The van der Waals surface area contributed by atoms with Crippen LogP contribution in [0.4, 0.5) is 5.69 Å². The lowest BCUT2D eigenvalue weighted by Gasteiger charge is -2.08. The van der Waals surface area contributed by atoms with Gasteiger partial charge in [-0.15, -0.1) is 0 Å². The van der Waals surface area contributed by atoms with Crippen LogP contribution in [0.25, 0.3) is 0 Å². The molecular weight excluding hydrogens is 240 g/mol. The lowest BCUT2D eigenvalue weighted by molar-refractivity contribution is 0.217. The molecule has 2 rings (SSSR count). The number of rotatable bonds is 6. The number of hydrogen-bond acceptors (Lipinski definition) is 4. The Hall–Kier alpha value is -2.67. The number of benzene rings is 2. The van der Waals surface area contributed by atoms with Crippen LogP contribution in [0.1, 0.15) is 0 Å². The maximum absolute atomic E-state index is 8.46. The fraction of sp³-hybridized carbons (Fsp3) is 0.133. The van der Waals surface area contributed by atoms with Crippen molar-refractivity contribution >= 4 is 5.69 Å². The van der Waals surface area contributed by atoms with Gasteiger partial charge in [0.25, 0.3) is 0 Å². The fourth-order valence-corrected chi connectivity index (χ4v) is 1.53. The highest BCUT2D eigenvalue weighted by atomic mass is 16.5. The largest absolute Gasteiger partial charge is 0.490 e. The number of nitrogens with zero attached hydrogens (tertiary/aromatic N) is 1. The monoisotopic (exact) mass is 254 g/mol. The van der Waals surface area contributed by atoms with Crippen LogP contribution in [0, 0.1) is 11.5 Å². The van der Waals surface area contributed by atoms with Gasteiger partial charge in [-0.2, -0.15) is 5.26 Å². The molecule has 0 radical (unpaired) electrons. The highest BCUT2D eigenvalue weighted by Crippen LogP contribution is 2.15. The second-order valence-electron chi connectivity index (χ2n) is 3.77. The zero-order chi connectivity index (χ0) is 13.3. The van der Waals surface area contributed by atoms with Gasteiger partial charge < -0.3 is 9.47 Å². The summed E-state index contributed by atoms with van der Waals surface area (Å²) in [5.74, 6) is 1.58. The number of nitrogens with one attached hydrogen (secondary N) is 1. The van der Waals surface area contributed by atoms with E-state index in [0.29, 0.717) is 13.2 Å². The minimum atomic E-state index is 0.472. The molecule has 0 fully saturated rings. The normalized spacial score (nSPS) is 9.42. The summed E-state index contributed by atoms with van der Waals surface area (Å²) in [5.41, 5.74) is 0.746. The molecule has 0 bridgehead atoms. The van der Waals surface area contributed by atoms with Gasteiger partial charge in [0.2, 0.25) is 0 Å². The van der Waals surface area contributed by atoms with Gasteiger partial charge in [-0.1, -0.05) is 18.2 Å². The molecule has 96 valence electrons. The predicted molar refractivity (Wildman–Crippen MR) is 73.1 cm³/mol. The first kappa shape index (κ1) is 12.8. The van der Waals surface area contributed by atoms with E-state index in [1.807, 2.05) is 48.7 Å². The summed E-state index contributed by atoms with van der Waals surface area (Å²) in [4.78, 5) is 0. The maximum Gasteiger partial charge on any atom is 0.181 e. The van der Waals surface area contributed by atoms with Crippen molar-refractivity contribution in [2.75, 3.05) is 18.5 Å². The minimum absolute atomic E-state index is 0.472. The quantitative estimate of drug-likeness (QED) is 0.489. The number of ether oxygens (including phenoxy) is 2. The summed E-state index contributed by atoms with van der Waals surface area (Å²) in [6, 6.07) is 16.8. The molecular formula is C15H14N2O2. The van der Waals surface area contributed by atoms with E-state index < -0.39 is 0 Å². The second kappa shape index (κ2) is 6.92. The van der Waals surface area contributed by atoms with E-state index in [1.54, 1.807) is 12.1 Å². The summed E-state index contributed by atoms with van der Waals surface area (Å²) in [6.07, 6.45) is 1.86. The first-order valence-electron chi connectivity index (χ1n) is 5.94. The Kier molecular flexibility index (Phi) is 4.65. The molecule has 1 N–H and O–H groups in total. The van der Waals surface area contributed by atoms with Crippen molar-refractivity contribution in [1.29, 1.82) is 5.26 Å². The van der Waals surface area contributed by atoms with Gasteiger partial charge in [-0.25, -0.2) is 0 Å². The first-order chi connectivity index (χ1) is 9.38. The zero-order valence-electron chi connectivity index (χ0n) is 10.4. The molecule has 2 aromatic carbocycles. The van der Waals surface area contributed by atoms with E-state index in [-0.39, 0.29) is 0 Å². The highest BCUT2D eigenvalue weighted by Gasteiger charge is 1.96. The van der Waals surface area contributed by atoms with Gasteiger partial charge in [-0.3, -0.25) is 5.32 Å². The van der Waals surface area contributed by atoms with Crippen molar-refractivity contribution in [3.63, 3.8) is 0 Å². The molecule has 0 aliphatic rings. The molecule has 4 nitrogen and oxygen atoms in total. The van der Waals surface area contributed by atoms with E-state index in [0.717, 1.165) is 17.2 Å². The summed E-state index contributed by atoms with van der Waals surface area (Å²) in [7, 11) is 0. The van der Waals surface area contributed by atoms with Crippen molar-refractivity contribution in [3.05, 3.63) is 54.6 Å². The van der Waals surface area contributed by atoms with Gasteiger partial charge >= 0.3 is 0 Å². The molecule has 0 aliphatic carbocycles. The lowest BCUT2D eigenvalue weighted by Crippen LogP contribution is -2.08. The Morgan fingerprint density at radius 1 is 0.842 bits per heavy atom. The Bertz CT molecular complexity index is 532. The topological polar surface area (TPSA) is 54.3 Å². The van der Waals surface area contributed by atoms with Crippen molar-refractivity contribution in [3.8, 4) is 17.7 Å². The summed E-state index contributed by atoms with van der Waals surface area (Å²) in [6.45, 7) is 0.960. The van der Waals surface area contributed by atoms with Crippen molar-refractivity contribution in [2.24, 2.45) is 0 Å². The molecule has 0 heterocycles. The Labute approximate surface area is 112 Å². The molecule has 0 atom stereocenters. The summed E-state index contributed by atoms with van der Waals surface area (Å²) in [5, 5.41) is 11.0. The van der Waals surface area contributed by atoms with Crippen LogP contribution in [-0.2, 0) is 0 Å². The lowest BCUT2D eigenvalue weighted by atomic mass is 10.3. The third kappa shape index (κ3) is 4.25. The number of nitriles is 1. The SMILES string of the molecule is N#CNc1ccc(OCCOc2ccccc2)cc1. The van der Waals surface area contributed by atoms with Crippen LogP contribution in [0.3, 0.4) is 0 Å². The average Bonchev–Trinajstić information content (AvgIpc) is 2.47. The number of anilines is 1. The van der Waals surface area contributed by atoms with Crippen LogP contribution in [0.5, 0.6) is 11.5 Å². The summed E-state index contributed by atoms with van der Waals surface area (Å²) >= 11 is 0. The Morgan fingerprint density at radius 2 is 1.42 bits per heavy atom. The standard InChI is InChI=1S/C15H14N2O2/c16-12-17-13-6-8-15(9-7-13)19-11-10-18-14-4-2-1-3-5-14/h1-9,17H,10-11H2. The second-order valence-corrected chi connectivity index (χ2v) is 3.77. The van der Waals surface area contributed by atoms with Crippen LogP contribution in [0.15, 0.2) is 54.6 Å². The van der Waals surface area contributed by atoms with E-state index in [1.165, 1.54) is 0 Å². The number of para-hydroxylation sites is 1. The smallest absolute Gasteiger partial charge is 0.181 e. The molecule has 0 aromatic heterocycles. The van der Waals surface area contributed by atoms with Crippen LogP contribution in [-0.4, -0.2) is 13.2 Å². The fourth-order valence-electron chi connectivity index (χ4n) is 1.53. The third-order valence-electron chi connectivity index (χ3n) is 2.42. The molecule has 4 heteroatoms. The van der Waals surface area contributed by atoms with E-state index in [2.05, 4.69) is 5.32 Å². The van der Waals surface area contributed by atoms with Crippen LogP contribution < -0.4 is 14.8 Å². The molecule has 0 unspecified atom stereocenters.